The van der Waals surface area contributed by atoms with Gasteiger partial charge in [-0.2, -0.15) is 10.4 Å². The molecule has 0 aliphatic heterocycles. The maximum atomic E-state index is 9.11. The van der Waals surface area contributed by atoms with Gasteiger partial charge in [0.1, 0.15) is 18.4 Å². The summed E-state index contributed by atoms with van der Waals surface area (Å²) in [5, 5.41) is 14.3. The highest BCUT2D eigenvalue weighted by molar-refractivity contribution is 6.76. The first kappa shape index (κ1) is 17.4. The largest absolute Gasteiger partial charge is 0.361 e. The standard InChI is InChI=1S/C18H23N5OSi/c1-22-12-16(11-21-22)17-8-15-7-14(9-19)10-20-18(15)23(17)13-24-5-6-25(2,3)4/h7-8,10-12H,5-6,13H2,1-4H3. The smallest absolute Gasteiger partial charge is 0.142 e. The van der Waals surface area contributed by atoms with Gasteiger partial charge < -0.3 is 9.30 Å². The highest BCUT2D eigenvalue weighted by atomic mass is 28.3. The van der Waals surface area contributed by atoms with Crippen molar-refractivity contribution in [3.63, 3.8) is 0 Å². The number of hydrogen-bond acceptors (Lipinski definition) is 4. The van der Waals surface area contributed by atoms with Crippen molar-refractivity contribution >= 4 is 19.1 Å². The second-order valence-electron chi connectivity index (χ2n) is 7.46. The molecule has 0 atom stereocenters. The van der Waals surface area contributed by atoms with Crippen LogP contribution >= 0.6 is 0 Å². The molecule has 6 nitrogen and oxygen atoms in total. The van der Waals surface area contributed by atoms with Gasteiger partial charge in [-0.1, -0.05) is 19.6 Å². The number of nitriles is 1. The van der Waals surface area contributed by atoms with Gasteiger partial charge in [0.05, 0.1) is 17.5 Å². The van der Waals surface area contributed by atoms with Crippen LogP contribution in [-0.4, -0.2) is 34.0 Å². The fourth-order valence-corrected chi connectivity index (χ4v) is 3.42. The third-order valence-electron chi connectivity index (χ3n) is 4.08. The van der Waals surface area contributed by atoms with Gasteiger partial charge >= 0.3 is 0 Å². The zero-order chi connectivity index (χ0) is 18.0. The molecule has 0 saturated heterocycles. The van der Waals surface area contributed by atoms with Gasteiger partial charge in [-0.25, -0.2) is 4.98 Å². The second kappa shape index (κ2) is 6.82. The summed E-state index contributed by atoms with van der Waals surface area (Å²) in [5.41, 5.74) is 3.39. The number of aromatic nitrogens is 4. The van der Waals surface area contributed by atoms with Crippen molar-refractivity contribution in [1.29, 1.82) is 5.26 Å². The summed E-state index contributed by atoms with van der Waals surface area (Å²) >= 11 is 0. The SMILES string of the molecule is Cn1cc(-c2cc3cc(C#N)cnc3n2COCC[Si](C)(C)C)cn1. The predicted octanol–water partition coefficient (Wildman–Crippen LogP) is 3.62. The van der Waals surface area contributed by atoms with E-state index in [9.17, 15) is 0 Å². The normalized spacial score (nSPS) is 11.8. The van der Waals surface area contributed by atoms with Crippen LogP contribution in [0.4, 0.5) is 0 Å². The highest BCUT2D eigenvalue weighted by Gasteiger charge is 2.15. The van der Waals surface area contributed by atoms with E-state index in [2.05, 4.69) is 40.4 Å². The summed E-state index contributed by atoms with van der Waals surface area (Å²) in [6.45, 7) is 8.21. The molecule has 3 aromatic rings. The van der Waals surface area contributed by atoms with Crippen molar-refractivity contribution in [3.05, 3.63) is 36.3 Å². The molecule has 25 heavy (non-hydrogen) atoms. The van der Waals surface area contributed by atoms with Crippen LogP contribution in [0.15, 0.2) is 30.7 Å². The number of nitrogens with zero attached hydrogens (tertiary/aromatic N) is 5. The molecule has 130 valence electrons. The van der Waals surface area contributed by atoms with Gasteiger partial charge in [-0.05, 0) is 18.2 Å². The molecular formula is C18H23N5OSi. The maximum Gasteiger partial charge on any atom is 0.142 e. The Morgan fingerprint density at radius 1 is 1.24 bits per heavy atom. The highest BCUT2D eigenvalue weighted by Crippen LogP contribution is 2.27. The molecule has 0 aromatic carbocycles. The summed E-state index contributed by atoms with van der Waals surface area (Å²) in [6, 6.07) is 7.18. The third-order valence-corrected chi connectivity index (χ3v) is 5.78. The lowest BCUT2D eigenvalue weighted by Crippen LogP contribution is -2.22. The molecule has 0 unspecified atom stereocenters. The van der Waals surface area contributed by atoms with Crippen LogP contribution in [0.5, 0.6) is 0 Å². The van der Waals surface area contributed by atoms with Crippen LogP contribution in [0, 0.1) is 11.3 Å². The van der Waals surface area contributed by atoms with Crippen LogP contribution in [0.2, 0.25) is 25.7 Å². The Morgan fingerprint density at radius 3 is 2.68 bits per heavy atom. The van der Waals surface area contributed by atoms with Crippen LogP contribution in [0.25, 0.3) is 22.3 Å². The fraction of sp³-hybridized carbons (Fsp3) is 0.389. The fourth-order valence-electron chi connectivity index (χ4n) is 2.66. The minimum absolute atomic E-state index is 0.442. The minimum Gasteiger partial charge on any atom is -0.361 e. The molecule has 0 amide bonds. The summed E-state index contributed by atoms with van der Waals surface area (Å²) in [4.78, 5) is 4.47. The van der Waals surface area contributed by atoms with E-state index in [1.54, 1.807) is 10.9 Å². The molecule has 0 spiro atoms. The molecule has 7 heteroatoms. The third kappa shape index (κ3) is 3.98. The Bertz CT molecular complexity index is 929. The van der Waals surface area contributed by atoms with Gasteiger partial charge in [0.15, 0.2) is 0 Å². The molecule has 3 rings (SSSR count). The molecule has 0 fully saturated rings. The number of fused-ring (bicyclic) bond motifs is 1. The topological polar surface area (TPSA) is 68.7 Å². The number of hydrogen-bond donors (Lipinski definition) is 0. The first-order valence-electron chi connectivity index (χ1n) is 8.33. The quantitative estimate of drug-likeness (QED) is 0.501. The Kier molecular flexibility index (Phi) is 4.75. The lowest BCUT2D eigenvalue weighted by Gasteiger charge is -2.16. The van der Waals surface area contributed by atoms with Gasteiger partial charge in [-0.15, -0.1) is 0 Å². The van der Waals surface area contributed by atoms with E-state index in [-0.39, 0.29) is 0 Å². The van der Waals surface area contributed by atoms with Gasteiger partial charge in [-0.3, -0.25) is 4.68 Å². The molecule has 0 bridgehead atoms. The van der Waals surface area contributed by atoms with Crippen molar-refractivity contribution in [2.75, 3.05) is 6.61 Å². The molecule has 0 saturated carbocycles. The Hall–Kier alpha value is -2.43. The first-order chi connectivity index (χ1) is 11.9. The Balaban J connectivity index is 1.94. The van der Waals surface area contributed by atoms with E-state index in [1.807, 2.05) is 31.6 Å². The molecule has 0 N–H and O–H groups in total. The molecule has 3 aromatic heterocycles. The number of pyridine rings is 1. The van der Waals surface area contributed by atoms with Gasteiger partial charge in [0.25, 0.3) is 0 Å². The summed E-state index contributed by atoms with van der Waals surface area (Å²) in [5.74, 6) is 0. The van der Waals surface area contributed by atoms with E-state index >= 15 is 0 Å². The van der Waals surface area contributed by atoms with Crippen LogP contribution < -0.4 is 0 Å². The van der Waals surface area contributed by atoms with Gasteiger partial charge in [0, 0.05) is 45.1 Å². The lowest BCUT2D eigenvalue weighted by atomic mass is 10.2. The van der Waals surface area contributed by atoms with Crippen LogP contribution in [0.3, 0.4) is 0 Å². The van der Waals surface area contributed by atoms with Gasteiger partial charge in [0.2, 0.25) is 0 Å². The first-order valence-corrected chi connectivity index (χ1v) is 12.0. The van der Waals surface area contributed by atoms with E-state index < -0.39 is 8.07 Å². The Labute approximate surface area is 148 Å². The monoisotopic (exact) mass is 353 g/mol. The van der Waals surface area contributed by atoms with E-state index in [4.69, 9.17) is 10.00 Å². The second-order valence-corrected chi connectivity index (χ2v) is 13.1. The molecule has 0 aliphatic carbocycles. The predicted molar refractivity (Wildman–Crippen MR) is 101 cm³/mol. The van der Waals surface area contributed by atoms with Crippen molar-refractivity contribution in [3.8, 4) is 17.3 Å². The maximum absolute atomic E-state index is 9.11. The van der Waals surface area contributed by atoms with Crippen LogP contribution in [-0.2, 0) is 18.5 Å². The zero-order valence-corrected chi connectivity index (χ0v) is 16.2. The molecular weight excluding hydrogens is 330 g/mol. The number of rotatable bonds is 6. The van der Waals surface area contributed by atoms with Crippen molar-refractivity contribution in [2.45, 2.75) is 32.4 Å². The van der Waals surface area contributed by atoms with E-state index in [0.29, 0.717) is 12.3 Å². The average Bonchev–Trinajstić information content (AvgIpc) is 3.13. The summed E-state index contributed by atoms with van der Waals surface area (Å²) in [7, 11) is 0.777. The van der Waals surface area contributed by atoms with Crippen molar-refractivity contribution in [1.82, 2.24) is 19.3 Å². The van der Waals surface area contributed by atoms with Crippen molar-refractivity contribution < 1.29 is 4.74 Å². The molecule has 3 heterocycles. The van der Waals surface area contributed by atoms with E-state index in [0.717, 1.165) is 34.9 Å². The minimum atomic E-state index is -1.12. The van der Waals surface area contributed by atoms with E-state index in [1.165, 1.54) is 0 Å². The lowest BCUT2D eigenvalue weighted by molar-refractivity contribution is 0.0909. The summed E-state index contributed by atoms with van der Waals surface area (Å²) < 4.78 is 9.78. The summed E-state index contributed by atoms with van der Waals surface area (Å²) in [6.07, 6.45) is 5.41. The Morgan fingerprint density at radius 2 is 2.04 bits per heavy atom. The molecule has 0 radical (unpaired) electrons. The zero-order valence-electron chi connectivity index (χ0n) is 15.2. The molecule has 0 aliphatic rings. The average molecular weight is 354 g/mol. The van der Waals surface area contributed by atoms with Crippen molar-refractivity contribution in [2.24, 2.45) is 7.05 Å². The van der Waals surface area contributed by atoms with Crippen LogP contribution in [0.1, 0.15) is 5.56 Å². The number of aryl methyl sites for hydroxylation is 1. The number of ether oxygens (including phenoxy) is 1.